The van der Waals surface area contributed by atoms with E-state index in [1.807, 2.05) is 54.6 Å². The molecule has 0 unspecified atom stereocenters. The summed E-state index contributed by atoms with van der Waals surface area (Å²) in [7, 11) is 0. The molecule has 8 nitrogen and oxygen atoms in total. The lowest BCUT2D eigenvalue weighted by atomic mass is 9.84. The minimum absolute atomic E-state index is 0.0563. The molecule has 0 aliphatic heterocycles. The summed E-state index contributed by atoms with van der Waals surface area (Å²) in [5, 5.41) is 9.19. The van der Waals surface area contributed by atoms with Crippen LogP contribution in [-0.2, 0) is 25.5 Å². The van der Waals surface area contributed by atoms with Gasteiger partial charge in [0.15, 0.2) is 5.78 Å². The normalized spacial score (nSPS) is 11.9. The molecule has 294 valence electrons. The number of anilines is 2. The van der Waals surface area contributed by atoms with Crippen LogP contribution in [0.4, 0.5) is 16.2 Å². The van der Waals surface area contributed by atoms with E-state index in [2.05, 4.69) is 52.3 Å². The zero-order valence-electron chi connectivity index (χ0n) is 32.4. The number of ether oxygens (including phenoxy) is 1. The zero-order valence-corrected chi connectivity index (χ0v) is 34.0. The molecule has 6 aromatic rings. The first kappa shape index (κ1) is 41.5. The Morgan fingerprint density at radius 3 is 1.69 bits per heavy atom. The van der Waals surface area contributed by atoms with Gasteiger partial charge in [-0.1, -0.05) is 145 Å². The quantitative estimate of drug-likeness (QED) is 0.0746. The molecule has 0 saturated heterocycles. The van der Waals surface area contributed by atoms with E-state index < -0.39 is 28.4 Å². The Kier molecular flexibility index (Phi) is 13.5. The molecule has 1 atom stereocenters. The van der Waals surface area contributed by atoms with Gasteiger partial charge in [-0.05, 0) is 73.4 Å². The molecule has 0 fully saturated rings. The first-order chi connectivity index (χ1) is 27.9. The number of hydrogen-bond acceptors (Lipinski definition) is 6. The van der Waals surface area contributed by atoms with E-state index in [0.717, 1.165) is 22.3 Å². The molecule has 0 heterocycles. The number of carbonyl (C=O) groups excluding carboxylic acids is 4. The second-order valence-electron chi connectivity index (χ2n) is 14.6. The zero-order chi connectivity index (χ0) is 41.1. The highest BCUT2D eigenvalue weighted by Gasteiger charge is 2.39. The first-order valence-electron chi connectivity index (χ1n) is 18.8. The van der Waals surface area contributed by atoms with Crippen LogP contribution in [0.5, 0.6) is 0 Å². The Morgan fingerprint density at radius 2 is 1.17 bits per heavy atom. The highest BCUT2D eigenvalue weighted by Crippen LogP contribution is 2.48. The van der Waals surface area contributed by atoms with E-state index in [9.17, 15) is 19.2 Å². The Morgan fingerprint density at radius 1 is 0.655 bits per heavy atom. The molecule has 6 aromatic carbocycles. The van der Waals surface area contributed by atoms with Gasteiger partial charge in [-0.2, -0.15) is 0 Å². The molecule has 0 radical (unpaired) electrons. The van der Waals surface area contributed by atoms with E-state index in [-0.39, 0.29) is 35.1 Å². The minimum Gasteiger partial charge on any atom is -0.444 e. The molecular weight excluding hydrogens is 766 g/mol. The van der Waals surface area contributed by atoms with Crippen molar-refractivity contribution >= 4 is 58.4 Å². The fourth-order valence-corrected chi connectivity index (χ4v) is 8.17. The van der Waals surface area contributed by atoms with Crippen molar-refractivity contribution in [2.24, 2.45) is 0 Å². The van der Waals surface area contributed by atoms with Gasteiger partial charge in [0.1, 0.15) is 11.6 Å². The lowest BCUT2D eigenvalue weighted by Gasteiger charge is -2.36. The fourth-order valence-electron chi connectivity index (χ4n) is 6.48. The molecule has 3 N–H and O–H groups in total. The third-order valence-corrected chi connectivity index (χ3v) is 11.0. The summed E-state index contributed by atoms with van der Waals surface area (Å²) in [6.45, 7) is 5.26. The van der Waals surface area contributed by atoms with Gasteiger partial charge >= 0.3 is 6.09 Å². The molecule has 10 heteroatoms. The van der Waals surface area contributed by atoms with Gasteiger partial charge in [0.25, 0.3) is 0 Å². The molecule has 3 amide bonds. The number of ketones is 1. The average Bonchev–Trinajstić information content (AvgIpc) is 3.22. The monoisotopic (exact) mass is 809 g/mol. The van der Waals surface area contributed by atoms with Crippen molar-refractivity contribution in [1.29, 1.82) is 0 Å². The predicted molar refractivity (Wildman–Crippen MR) is 234 cm³/mol. The van der Waals surface area contributed by atoms with E-state index in [4.69, 9.17) is 16.3 Å². The van der Waals surface area contributed by atoms with Crippen molar-refractivity contribution in [3.05, 3.63) is 202 Å². The minimum atomic E-state index is -1.10. The molecule has 0 spiro atoms. The SMILES string of the molecule is CC(C)(C)OC(=O)N[C@@H](CSC(c1ccccc1)(c1ccccc1)c1ccccc1)C(=O)Nc1ccc(NC(=O)Cc2ccc(Cl)cc2)c(C(=O)c2ccccc2)c1. The van der Waals surface area contributed by atoms with E-state index >= 15 is 0 Å². The van der Waals surface area contributed by atoms with Crippen molar-refractivity contribution in [3.8, 4) is 0 Å². The van der Waals surface area contributed by atoms with E-state index in [1.165, 1.54) is 17.8 Å². The number of alkyl carbamates (subject to hydrolysis) is 1. The first-order valence-corrected chi connectivity index (χ1v) is 20.2. The fraction of sp³-hybridized carbons (Fsp3) is 0.167. The number of thioether (sulfide) groups is 1. The second-order valence-corrected chi connectivity index (χ2v) is 16.3. The average molecular weight is 810 g/mol. The standard InChI is InChI=1S/C48H44ClN3O5S/c1-47(2,3)57-46(56)52-42(32-58-48(35-18-10-5-11-19-35,36-20-12-6-13-21-36)37-22-14-7-15-23-37)45(55)50-39-28-29-41(40(31-39)44(54)34-16-8-4-9-17-34)51-43(53)30-33-24-26-38(49)27-25-33/h4-29,31,42H,30,32H2,1-3H3,(H,50,55)(H,51,53)(H,52,56)/t42-/m0/s1. The van der Waals surface area contributed by atoms with Gasteiger partial charge in [-0.25, -0.2) is 4.79 Å². The predicted octanol–water partition coefficient (Wildman–Crippen LogP) is 10.3. The maximum Gasteiger partial charge on any atom is 0.408 e. The summed E-state index contributed by atoms with van der Waals surface area (Å²) < 4.78 is 4.85. The van der Waals surface area contributed by atoms with Crippen molar-refractivity contribution in [2.45, 2.75) is 43.6 Å². The summed E-state index contributed by atoms with van der Waals surface area (Å²) in [6.07, 6.45) is -0.697. The number of benzene rings is 6. The molecule has 0 aliphatic carbocycles. The number of rotatable bonds is 14. The molecule has 6 rings (SSSR count). The Labute approximate surface area is 348 Å². The molecule has 58 heavy (non-hydrogen) atoms. The third-order valence-electron chi connectivity index (χ3n) is 9.13. The molecule has 0 bridgehead atoms. The lowest BCUT2D eigenvalue weighted by molar-refractivity contribution is -0.118. The van der Waals surface area contributed by atoms with Crippen molar-refractivity contribution in [1.82, 2.24) is 5.32 Å². The van der Waals surface area contributed by atoms with Crippen LogP contribution in [0.3, 0.4) is 0 Å². The molecule has 0 saturated carbocycles. The van der Waals surface area contributed by atoms with E-state index in [0.29, 0.717) is 16.3 Å². The molecule has 0 aromatic heterocycles. The summed E-state index contributed by atoms with van der Waals surface area (Å²) in [5.41, 5.74) is 4.06. The smallest absolute Gasteiger partial charge is 0.408 e. The highest BCUT2D eigenvalue weighted by atomic mass is 35.5. The second kappa shape index (κ2) is 18.9. The van der Waals surface area contributed by atoms with Gasteiger partial charge in [-0.3, -0.25) is 14.4 Å². The Balaban J connectivity index is 1.34. The van der Waals surface area contributed by atoms with Crippen molar-refractivity contribution in [2.75, 3.05) is 16.4 Å². The van der Waals surface area contributed by atoms with Crippen LogP contribution < -0.4 is 16.0 Å². The topological polar surface area (TPSA) is 114 Å². The number of carbonyl (C=O) groups is 4. The van der Waals surface area contributed by atoms with Crippen LogP contribution in [0.1, 0.15) is 58.9 Å². The summed E-state index contributed by atoms with van der Waals surface area (Å²) in [5.74, 6) is -1.09. The summed E-state index contributed by atoms with van der Waals surface area (Å²) in [4.78, 5) is 54.9. The lowest BCUT2D eigenvalue weighted by Crippen LogP contribution is -2.48. The van der Waals surface area contributed by atoms with Crippen molar-refractivity contribution in [3.63, 3.8) is 0 Å². The highest BCUT2D eigenvalue weighted by molar-refractivity contribution is 8.00. The van der Waals surface area contributed by atoms with Crippen LogP contribution >= 0.6 is 23.4 Å². The number of amides is 3. The molecular formula is C48H44ClN3O5S. The van der Waals surface area contributed by atoms with Gasteiger partial charge < -0.3 is 20.7 Å². The van der Waals surface area contributed by atoms with Crippen LogP contribution in [-0.4, -0.2) is 41.1 Å². The third kappa shape index (κ3) is 10.6. The number of halogens is 1. The van der Waals surface area contributed by atoms with Crippen LogP contribution in [0.2, 0.25) is 5.02 Å². The molecule has 0 aliphatic rings. The van der Waals surface area contributed by atoms with Gasteiger partial charge in [-0.15, -0.1) is 11.8 Å². The van der Waals surface area contributed by atoms with Gasteiger partial charge in [0.05, 0.1) is 16.9 Å². The van der Waals surface area contributed by atoms with Crippen LogP contribution in [0.25, 0.3) is 0 Å². The number of hydrogen-bond donors (Lipinski definition) is 3. The van der Waals surface area contributed by atoms with E-state index in [1.54, 1.807) is 87.5 Å². The largest absolute Gasteiger partial charge is 0.444 e. The Hall–Kier alpha value is -6.16. The summed E-state index contributed by atoms with van der Waals surface area (Å²) in [6, 6.07) is 49.4. The van der Waals surface area contributed by atoms with Crippen LogP contribution in [0, 0.1) is 0 Å². The van der Waals surface area contributed by atoms with Crippen LogP contribution in [0.15, 0.2) is 164 Å². The maximum absolute atomic E-state index is 14.4. The Bertz CT molecular complexity index is 2240. The van der Waals surface area contributed by atoms with Gasteiger partial charge in [0.2, 0.25) is 11.8 Å². The summed E-state index contributed by atoms with van der Waals surface area (Å²) >= 11 is 7.54. The maximum atomic E-state index is 14.4. The number of nitrogens with one attached hydrogen (secondary N) is 3. The van der Waals surface area contributed by atoms with Crippen molar-refractivity contribution < 1.29 is 23.9 Å². The van der Waals surface area contributed by atoms with Gasteiger partial charge in [0, 0.05) is 27.6 Å².